The summed E-state index contributed by atoms with van der Waals surface area (Å²) in [6, 6.07) is 9.19. The molecule has 0 spiro atoms. The van der Waals surface area contributed by atoms with Gasteiger partial charge >= 0.3 is 5.97 Å². The first-order valence-corrected chi connectivity index (χ1v) is 12.0. The molecule has 2 aromatic rings. The zero-order chi connectivity index (χ0) is 24.0. The maximum Gasteiger partial charge on any atom is 0.309 e. The number of nitriles is 1. The maximum atomic E-state index is 12.7. The molecule has 0 aliphatic heterocycles. The number of fused-ring (bicyclic) bond motifs is 1. The Bertz CT molecular complexity index is 1070. The van der Waals surface area contributed by atoms with Crippen molar-refractivity contribution in [2.45, 2.75) is 71.4 Å². The Morgan fingerprint density at radius 2 is 1.85 bits per heavy atom. The largest absolute Gasteiger partial charge is 0.452 e. The standard InChI is InChI=1S/C25H29N3O4S/c1-15-9-11-18(12-10-15)21(27-17(3)29)13-23(30)32-16(2)24(31)28-25-20(14-26)19-7-5-4-6-8-22(19)33-25/h9-12,16,21H,4-8,13H2,1-3H3,(H,27,29)(H,28,31). The Kier molecular flexibility index (Phi) is 8.23. The Balaban J connectivity index is 1.64. The summed E-state index contributed by atoms with van der Waals surface area (Å²) < 4.78 is 5.36. The minimum atomic E-state index is -1.04. The number of rotatable bonds is 7. The number of nitrogens with one attached hydrogen (secondary N) is 2. The molecule has 1 aromatic heterocycles. The van der Waals surface area contributed by atoms with Gasteiger partial charge in [-0.05, 0) is 50.7 Å². The number of nitrogens with zero attached hydrogens (tertiary/aromatic N) is 1. The van der Waals surface area contributed by atoms with Crippen molar-refractivity contribution in [2.75, 3.05) is 5.32 Å². The van der Waals surface area contributed by atoms with Crippen molar-refractivity contribution in [1.29, 1.82) is 5.26 Å². The van der Waals surface area contributed by atoms with E-state index in [2.05, 4.69) is 16.7 Å². The Hall–Kier alpha value is -3.18. The van der Waals surface area contributed by atoms with Crippen LogP contribution in [0.15, 0.2) is 24.3 Å². The normalized spacial score (nSPS) is 14.7. The summed E-state index contributed by atoms with van der Waals surface area (Å²) in [6.07, 6.45) is 3.88. The van der Waals surface area contributed by atoms with E-state index < -0.39 is 24.0 Å². The molecular formula is C25H29N3O4S. The van der Waals surface area contributed by atoms with Gasteiger partial charge in [0.15, 0.2) is 6.10 Å². The average Bonchev–Trinajstić information content (AvgIpc) is 2.92. The van der Waals surface area contributed by atoms with E-state index in [-0.39, 0.29) is 12.3 Å². The van der Waals surface area contributed by atoms with Crippen LogP contribution in [0.2, 0.25) is 0 Å². The molecule has 3 rings (SSSR count). The number of amides is 2. The van der Waals surface area contributed by atoms with Crippen molar-refractivity contribution in [3.05, 3.63) is 51.4 Å². The molecule has 0 saturated heterocycles. The highest BCUT2D eigenvalue weighted by Crippen LogP contribution is 2.37. The summed E-state index contributed by atoms with van der Waals surface area (Å²) in [5, 5.41) is 15.7. The van der Waals surface area contributed by atoms with Gasteiger partial charge in [-0.2, -0.15) is 5.26 Å². The van der Waals surface area contributed by atoms with Crippen LogP contribution in [0.4, 0.5) is 5.00 Å². The number of hydrogen-bond acceptors (Lipinski definition) is 6. The van der Waals surface area contributed by atoms with Crippen molar-refractivity contribution in [3.8, 4) is 6.07 Å². The molecule has 0 bridgehead atoms. The van der Waals surface area contributed by atoms with E-state index in [9.17, 15) is 19.6 Å². The SMILES string of the molecule is CC(=O)NC(CC(=O)OC(C)C(=O)Nc1sc2c(c1C#N)CCCCC2)c1ccc(C)cc1. The second kappa shape index (κ2) is 11.1. The first kappa shape index (κ1) is 24.5. The Labute approximate surface area is 198 Å². The van der Waals surface area contributed by atoms with Gasteiger partial charge in [-0.15, -0.1) is 11.3 Å². The van der Waals surface area contributed by atoms with E-state index in [0.717, 1.165) is 53.7 Å². The van der Waals surface area contributed by atoms with Crippen LogP contribution in [0, 0.1) is 18.3 Å². The number of carbonyl (C=O) groups is 3. The first-order chi connectivity index (χ1) is 15.8. The third-order valence-electron chi connectivity index (χ3n) is 5.68. The minimum Gasteiger partial charge on any atom is -0.452 e. The highest BCUT2D eigenvalue weighted by atomic mass is 32.1. The summed E-state index contributed by atoms with van der Waals surface area (Å²) in [4.78, 5) is 38.0. The van der Waals surface area contributed by atoms with Gasteiger partial charge in [0.2, 0.25) is 5.91 Å². The van der Waals surface area contributed by atoms with E-state index in [0.29, 0.717) is 10.6 Å². The molecule has 2 unspecified atom stereocenters. The lowest BCUT2D eigenvalue weighted by atomic mass is 10.0. The van der Waals surface area contributed by atoms with Gasteiger partial charge in [0, 0.05) is 11.8 Å². The van der Waals surface area contributed by atoms with Crippen LogP contribution < -0.4 is 10.6 Å². The number of carbonyl (C=O) groups excluding carboxylic acids is 3. The second-order valence-corrected chi connectivity index (χ2v) is 9.47. The van der Waals surface area contributed by atoms with E-state index in [1.807, 2.05) is 31.2 Å². The second-order valence-electron chi connectivity index (χ2n) is 8.37. The monoisotopic (exact) mass is 467 g/mol. The molecule has 7 nitrogen and oxygen atoms in total. The van der Waals surface area contributed by atoms with Crippen molar-refractivity contribution in [3.63, 3.8) is 0 Å². The quantitative estimate of drug-likeness (QED) is 0.465. The van der Waals surface area contributed by atoms with Crippen LogP contribution in [0.5, 0.6) is 0 Å². The van der Waals surface area contributed by atoms with Crippen LogP contribution in [0.1, 0.15) is 72.7 Å². The summed E-state index contributed by atoms with van der Waals surface area (Å²) >= 11 is 1.44. The van der Waals surface area contributed by atoms with Gasteiger partial charge in [0.1, 0.15) is 11.1 Å². The lowest BCUT2D eigenvalue weighted by Crippen LogP contribution is -2.33. The van der Waals surface area contributed by atoms with Gasteiger partial charge in [-0.3, -0.25) is 14.4 Å². The zero-order valence-corrected chi connectivity index (χ0v) is 20.0. The highest BCUT2D eigenvalue weighted by Gasteiger charge is 2.25. The average molecular weight is 468 g/mol. The van der Waals surface area contributed by atoms with Crippen LogP contribution >= 0.6 is 11.3 Å². The first-order valence-electron chi connectivity index (χ1n) is 11.2. The fraction of sp³-hybridized carbons (Fsp3) is 0.440. The van der Waals surface area contributed by atoms with E-state index >= 15 is 0 Å². The summed E-state index contributed by atoms with van der Waals surface area (Å²) in [6.45, 7) is 4.84. The molecule has 33 heavy (non-hydrogen) atoms. The van der Waals surface area contributed by atoms with Crippen molar-refractivity contribution < 1.29 is 19.1 Å². The summed E-state index contributed by atoms with van der Waals surface area (Å²) in [5.41, 5.74) is 3.41. The topological polar surface area (TPSA) is 108 Å². The van der Waals surface area contributed by atoms with E-state index in [4.69, 9.17) is 4.74 Å². The van der Waals surface area contributed by atoms with Gasteiger partial charge in [-0.25, -0.2) is 0 Å². The number of hydrogen-bond donors (Lipinski definition) is 2. The number of esters is 1. The van der Waals surface area contributed by atoms with E-state index in [1.165, 1.54) is 25.2 Å². The molecule has 174 valence electrons. The summed E-state index contributed by atoms with van der Waals surface area (Å²) in [7, 11) is 0. The molecule has 1 aliphatic carbocycles. The molecule has 8 heteroatoms. The van der Waals surface area contributed by atoms with Crippen LogP contribution in [-0.4, -0.2) is 23.9 Å². The molecule has 2 atom stereocenters. The number of anilines is 1. The minimum absolute atomic E-state index is 0.100. The number of ether oxygens (including phenoxy) is 1. The predicted molar refractivity (Wildman–Crippen MR) is 127 cm³/mol. The molecular weight excluding hydrogens is 438 g/mol. The van der Waals surface area contributed by atoms with E-state index in [1.54, 1.807) is 0 Å². The van der Waals surface area contributed by atoms with Crippen LogP contribution in [0.3, 0.4) is 0 Å². The Morgan fingerprint density at radius 1 is 1.15 bits per heavy atom. The lowest BCUT2D eigenvalue weighted by Gasteiger charge is -2.19. The Morgan fingerprint density at radius 3 is 2.52 bits per heavy atom. The molecule has 1 heterocycles. The van der Waals surface area contributed by atoms with Crippen molar-refractivity contribution in [2.24, 2.45) is 0 Å². The predicted octanol–water partition coefficient (Wildman–Crippen LogP) is 4.33. The third kappa shape index (κ3) is 6.42. The molecule has 0 radical (unpaired) electrons. The number of aryl methyl sites for hydroxylation is 2. The molecule has 2 N–H and O–H groups in total. The number of benzene rings is 1. The third-order valence-corrected chi connectivity index (χ3v) is 6.88. The van der Waals surface area contributed by atoms with Gasteiger partial charge in [0.05, 0.1) is 18.0 Å². The summed E-state index contributed by atoms with van der Waals surface area (Å²) in [5.74, 6) is -1.34. The van der Waals surface area contributed by atoms with Gasteiger partial charge < -0.3 is 15.4 Å². The maximum absolute atomic E-state index is 12.7. The van der Waals surface area contributed by atoms with Gasteiger partial charge in [-0.1, -0.05) is 36.2 Å². The molecule has 1 aliphatic rings. The van der Waals surface area contributed by atoms with Crippen molar-refractivity contribution >= 4 is 34.1 Å². The lowest BCUT2D eigenvalue weighted by molar-refractivity contribution is -0.153. The zero-order valence-electron chi connectivity index (χ0n) is 19.2. The van der Waals surface area contributed by atoms with Crippen LogP contribution in [0.25, 0.3) is 0 Å². The smallest absolute Gasteiger partial charge is 0.309 e. The molecule has 0 fully saturated rings. The fourth-order valence-corrected chi connectivity index (χ4v) is 5.17. The van der Waals surface area contributed by atoms with Gasteiger partial charge in [0.25, 0.3) is 5.91 Å². The molecule has 0 saturated carbocycles. The molecule has 2 amide bonds. The van der Waals surface area contributed by atoms with Crippen molar-refractivity contribution in [1.82, 2.24) is 5.32 Å². The highest BCUT2D eigenvalue weighted by molar-refractivity contribution is 7.16. The van der Waals surface area contributed by atoms with Crippen LogP contribution in [-0.2, 0) is 32.0 Å². The molecule has 1 aromatic carbocycles. The number of thiophene rings is 1. The fourth-order valence-electron chi connectivity index (χ4n) is 3.92.